The van der Waals surface area contributed by atoms with Crippen molar-refractivity contribution in [2.75, 3.05) is 0 Å². The van der Waals surface area contributed by atoms with Gasteiger partial charge in [0.15, 0.2) is 0 Å². The van der Waals surface area contributed by atoms with Crippen LogP contribution in [0.1, 0.15) is 41.6 Å². The van der Waals surface area contributed by atoms with Crippen LogP contribution in [-0.4, -0.2) is 28.1 Å². The molecule has 3 nitrogen and oxygen atoms in total. The summed E-state index contributed by atoms with van der Waals surface area (Å²) >= 11 is 3.40. The molecule has 0 aromatic heterocycles. The van der Waals surface area contributed by atoms with E-state index in [1.165, 1.54) is 0 Å². The van der Waals surface area contributed by atoms with Crippen LogP contribution in [0.5, 0.6) is 0 Å². The molecule has 3 rings (SSSR count). The van der Waals surface area contributed by atoms with Crippen LogP contribution in [0.25, 0.3) is 0 Å². The van der Waals surface area contributed by atoms with Crippen molar-refractivity contribution >= 4 is 21.8 Å². The predicted molar refractivity (Wildman–Crippen MR) is 72.3 cm³/mol. The third kappa shape index (κ3) is 1.97. The van der Waals surface area contributed by atoms with Crippen LogP contribution in [0, 0.1) is 0 Å². The Bertz CT molecular complexity index is 489. The van der Waals surface area contributed by atoms with E-state index in [1.54, 1.807) is 0 Å². The summed E-state index contributed by atoms with van der Waals surface area (Å²) in [6.45, 7) is 0.642. The lowest BCUT2D eigenvalue weighted by Gasteiger charge is -2.35. The molecule has 4 heteroatoms. The van der Waals surface area contributed by atoms with Crippen molar-refractivity contribution < 1.29 is 9.90 Å². The highest BCUT2D eigenvalue weighted by molar-refractivity contribution is 9.10. The highest BCUT2D eigenvalue weighted by Gasteiger charge is 2.37. The van der Waals surface area contributed by atoms with Crippen molar-refractivity contribution in [3.8, 4) is 0 Å². The molecule has 1 N–H and O–H groups in total. The number of hydrogen-bond acceptors (Lipinski definition) is 2. The van der Waals surface area contributed by atoms with E-state index in [2.05, 4.69) is 15.9 Å². The third-order valence-electron chi connectivity index (χ3n) is 4.00. The van der Waals surface area contributed by atoms with Crippen LogP contribution in [0.4, 0.5) is 0 Å². The maximum atomic E-state index is 12.4. The Morgan fingerprint density at radius 1 is 1.28 bits per heavy atom. The number of benzene rings is 1. The molecule has 1 saturated carbocycles. The first kappa shape index (κ1) is 12.2. The van der Waals surface area contributed by atoms with Gasteiger partial charge in [0.2, 0.25) is 0 Å². The number of hydrogen-bond donors (Lipinski definition) is 1. The maximum absolute atomic E-state index is 12.4. The van der Waals surface area contributed by atoms with Gasteiger partial charge in [0.25, 0.3) is 5.91 Å². The van der Waals surface area contributed by atoms with Gasteiger partial charge in [-0.15, -0.1) is 0 Å². The average molecular weight is 310 g/mol. The lowest BCUT2D eigenvalue weighted by Crippen LogP contribution is -2.45. The number of aliphatic hydroxyl groups excluding tert-OH is 1. The van der Waals surface area contributed by atoms with Gasteiger partial charge in [0.1, 0.15) is 0 Å². The van der Waals surface area contributed by atoms with Gasteiger partial charge >= 0.3 is 0 Å². The molecule has 1 aliphatic heterocycles. The van der Waals surface area contributed by atoms with Gasteiger partial charge in [-0.3, -0.25) is 4.79 Å². The number of nitrogens with zero attached hydrogens (tertiary/aromatic N) is 1. The van der Waals surface area contributed by atoms with Gasteiger partial charge in [0, 0.05) is 16.6 Å². The van der Waals surface area contributed by atoms with Crippen LogP contribution < -0.4 is 0 Å². The standard InChI is InChI=1S/C14H16BrNO2/c15-10-6-5-9-8-16(14(18)11(9)7-10)12-3-1-2-4-13(12)17/h5-7,12-13,17H,1-4,8H2. The Morgan fingerprint density at radius 2 is 2.06 bits per heavy atom. The highest BCUT2D eigenvalue weighted by atomic mass is 79.9. The molecular weight excluding hydrogens is 294 g/mol. The molecule has 1 aliphatic carbocycles. The van der Waals surface area contributed by atoms with Crippen LogP contribution in [-0.2, 0) is 6.54 Å². The number of amides is 1. The van der Waals surface area contributed by atoms with Crippen molar-refractivity contribution in [2.45, 2.75) is 44.4 Å². The minimum atomic E-state index is -0.361. The normalized spacial score (nSPS) is 27.4. The highest BCUT2D eigenvalue weighted by Crippen LogP contribution is 2.32. The minimum Gasteiger partial charge on any atom is -0.391 e. The Balaban J connectivity index is 1.87. The zero-order valence-corrected chi connectivity index (χ0v) is 11.7. The van der Waals surface area contributed by atoms with E-state index in [-0.39, 0.29) is 18.1 Å². The number of carbonyl (C=O) groups is 1. The molecule has 0 saturated heterocycles. The van der Waals surface area contributed by atoms with E-state index in [4.69, 9.17) is 0 Å². The topological polar surface area (TPSA) is 40.5 Å². The van der Waals surface area contributed by atoms with E-state index < -0.39 is 0 Å². The second kappa shape index (κ2) is 4.67. The van der Waals surface area contributed by atoms with Crippen molar-refractivity contribution in [3.05, 3.63) is 33.8 Å². The first-order valence-corrected chi connectivity index (χ1v) is 7.23. The lowest BCUT2D eigenvalue weighted by molar-refractivity contribution is 0.0191. The number of aliphatic hydroxyl groups is 1. The average Bonchev–Trinajstić information content (AvgIpc) is 2.68. The second-order valence-corrected chi connectivity index (χ2v) is 6.07. The Morgan fingerprint density at radius 3 is 2.83 bits per heavy atom. The van der Waals surface area contributed by atoms with Crippen molar-refractivity contribution in [2.24, 2.45) is 0 Å². The van der Waals surface area contributed by atoms with Gasteiger partial charge < -0.3 is 10.0 Å². The molecule has 0 bridgehead atoms. The van der Waals surface area contributed by atoms with Gasteiger partial charge in [-0.2, -0.15) is 0 Å². The first-order chi connectivity index (χ1) is 8.66. The molecule has 1 heterocycles. The van der Waals surface area contributed by atoms with Crippen molar-refractivity contribution in [1.82, 2.24) is 4.90 Å². The Hall–Kier alpha value is -0.870. The van der Waals surface area contributed by atoms with E-state index >= 15 is 0 Å². The van der Waals surface area contributed by atoms with Crippen molar-refractivity contribution in [1.29, 1.82) is 0 Å². The second-order valence-electron chi connectivity index (χ2n) is 5.15. The summed E-state index contributed by atoms with van der Waals surface area (Å²) < 4.78 is 0.931. The van der Waals surface area contributed by atoms with Crippen molar-refractivity contribution in [3.63, 3.8) is 0 Å². The molecule has 1 aromatic rings. The molecule has 1 fully saturated rings. The molecular formula is C14H16BrNO2. The summed E-state index contributed by atoms with van der Waals surface area (Å²) in [5.74, 6) is 0.0669. The predicted octanol–water partition coefficient (Wildman–Crippen LogP) is 2.71. The fourth-order valence-corrected chi connectivity index (χ4v) is 3.38. The molecule has 0 radical (unpaired) electrons. The summed E-state index contributed by atoms with van der Waals surface area (Å²) in [5.41, 5.74) is 1.85. The van der Waals surface area contributed by atoms with Crippen LogP contribution >= 0.6 is 15.9 Å². The number of halogens is 1. The Labute approximate surface area is 115 Å². The minimum absolute atomic E-state index is 0.00238. The summed E-state index contributed by atoms with van der Waals surface area (Å²) in [4.78, 5) is 14.2. The number of fused-ring (bicyclic) bond motifs is 1. The van der Waals surface area contributed by atoms with Crippen LogP contribution in [0.2, 0.25) is 0 Å². The molecule has 96 valence electrons. The van der Waals surface area contributed by atoms with E-state index in [9.17, 15) is 9.90 Å². The molecule has 1 aromatic carbocycles. The van der Waals surface area contributed by atoms with E-state index in [0.29, 0.717) is 6.54 Å². The Kier molecular flexibility index (Phi) is 3.16. The zero-order valence-electron chi connectivity index (χ0n) is 10.1. The first-order valence-electron chi connectivity index (χ1n) is 6.44. The fraction of sp³-hybridized carbons (Fsp3) is 0.500. The molecule has 2 atom stereocenters. The number of carbonyl (C=O) groups excluding carboxylic acids is 1. The van der Waals surface area contributed by atoms with Gasteiger partial charge in [0.05, 0.1) is 12.1 Å². The third-order valence-corrected chi connectivity index (χ3v) is 4.49. The molecule has 2 aliphatic rings. The van der Waals surface area contributed by atoms with Crippen LogP contribution in [0.3, 0.4) is 0 Å². The number of rotatable bonds is 1. The van der Waals surface area contributed by atoms with Gasteiger partial charge in [-0.25, -0.2) is 0 Å². The summed E-state index contributed by atoms with van der Waals surface area (Å²) in [5, 5.41) is 10.1. The summed E-state index contributed by atoms with van der Waals surface area (Å²) in [7, 11) is 0. The molecule has 2 unspecified atom stereocenters. The summed E-state index contributed by atoms with van der Waals surface area (Å²) in [6.07, 6.45) is 3.54. The fourth-order valence-electron chi connectivity index (χ4n) is 3.02. The molecule has 0 spiro atoms. The molecule has 1 amide bonds. The van der Waals surface area contributed by atoms with E-state index in [0.717, 1.165) is 41.3 Å². The zero-order chi connectivity index (χ0) is 12.7. The van der Waals surface area contributed by atoms with Gasteiger partial charge in [-0.05, 0) is 30.5 Å². The summed E-state index contributed by atoms with van der Waals surface area (Å²) in [6, 6.07) is 5.84. The largest absolute Gasteiger partial charge is 0.391 e. The van der Waals surface area contributed by atoms with Gasteiger partial charge in [-0.1, -0.05) is 34.8 Å². The monoisotopic (exact) mass is 309 g/mol. The maximum Gasteiger partial charge on any atom is 0.254 e. The molecule has 18 heavy (non-hydrogen) atoms. The quantitative estimate of drug-likeness (QED) is 0.866. The lowest BCUT2D eigenvalue weighted by atomic mass is 9.91. The van der Waals surface area contributed by atoms with Crippen LogP contribution in [0.15, 0.2) is 22.7 Å². The van der Waals surface area contributed by atoms with E-state index in [1.807, 2.05) is 23.1 Å². The SMILES string of the molecule is O=C1c2cc(Br)ccc2CN1C1CCCCC1O. The smallest absolute Gasteiger partial charge is 0.254 e.